The van der Waals surface area contributed by atoms with Gasteiger partial charge >= 0.3 is 0 Å². The first kappa shape index (κ1) is 39.8. The molecule has 5 nitrogen and oxygen atoms in total. The van der Waals surface area contributed by atoms with Crippen LogP contribution >= 0.6 is 0 Å². The molecule has 0 atom stereocenters. The number of para-hydroxylation sites is 2. The van der Waals surface area contributed by atoms with Gasteiger partial charge in [0.15, 0.2) is 0 Å². The van der Waals surface area contributed by atoms with Gasteiger partial charge in [0, 0.05) is 38.7 Å². The summed E-state index contributed by atoms with van der Waals surface area (Å²) in [5, 5.41) is 2.40. The zero-order valence-corrected chi connectivity index (χ0v) is 40.7. The minimum atomic E-state index is -2.36. The first-order chi connectivity index (χ1) is 33.7. The average Bonchev–Trinajstić information content (AvgIpc) is 4.03. The van der Waals surface area contributed by atoms with Crippen molar-refractivity contribution < 1.29 is 4.11 Å². The highest BCUT2D eigenvalue weighted by atomic mass is 15.4. The molecule has 1 aliphatic rings. The Bertz CT molecular complexity index is 3600. The fourth-order valence-corrected chi connectivity index (χ4v) is 10.1. The number of benzene rings is 8. The highest BCUT2D eigenvalue weighted by molar-refractivity contribution is 6.10. The third-order valence-electron chi connectivity index (χ3n) is 13.9. The molecule has 1 aliphatic heterocycles. The van der Waals surface area contributed by atoms with Crippen molar-refractivity contribution in [1.82, 2.24) is 14.1 Å². The fraction of sp³-hybridized carbons (Fsp3) is 0.222. The van der Waals surface area contributed by atoms with E-state index in [1.807, 2.05) is 24.3 Å². The van der Waals surface area contributed by atoms with Gasteiger partial charge in [-0.15, -0.1) is 0 Å². The lowest BCUT2D eigenvalue weighted by atomic mass is 9.84. The van der Waals surface area contributed by atoms with Crippen LogP contribution in [0.4, 0.5) is 17.1 Å². The number of hydrogen-bond donors (Lipinski definition) is 0. The van der Waals surface area contributed by atoms with Crippen LogP contribution in [-0.2, 0) is 16.2 Å². The van der Waals surface area contributed by atoms with Crippen molar-refractivity contribution in [2.24, 2.45) is 0 Å². The molecule has 11 rings (SSSR count). The molecule has 0 saturated heterocycles. The molecule has 2 aromatic heterocycles. The van der Waals surface area contributed by atoms with Gasteiger partial charge in [-0.05, 0) is 116 Å². The third-order valence-corrected chi connectivity index (χ3v) is 13.9. The third kappa shape index (κ3) is 7.36. The smallest absolute Gasteiger partial charge is 0.220 e. The Morgan fingerprint density at radius 2 is 1.03 bits per heavy atom. The number of fused-ring (bicyclic) bond motifs is 5. The summed E-state index contributed by atoms with van der Waals surface area (Å²) in [5.41, 5.74) is 17.1. The second-order valence-corrected chi connectivity index (χ2v) is 21.7. The van der Waals surface area contributed by atoms with E-state index in [0.717, 1.165) is 84.0 Å². The topological polar surface area (TPSA) is 29.2 Å². The standard InChI is InChI=1S/C63H61N5/c1-61(2,3)45-29-32-54-51(38-45)52-39-46(62(4,5)6)30-33-55(52)67(54)60-64-59-50(25-19-27-57(59)68(60)53-26-18-17-24-49(53)42-22-15-12-16-23-42)44-34-47(63(7,8)9)37-48(35-44)66-40-65(10)58-36-43(28-31-56(58)66)41-20-13-11-14-21-41/h11-39H,40H2,1-10H3/i10D3. The summed E-state index contributed by atoms with van der Waals surface area (Å²) in [5.74, 6) is 0.797. The van der Waals surface area contributed by atoms with Crippen LogP contribution in [0.5, 0.6) is 0 Å². The monoisotopic (exact) mass is 891 g/mol. The molecule has 0 aliphatic carbocycles. The van der Waals surface area contributed by atoms with Gasteiger partial charge in [0.1, 0.15) is 0 Å². The number of rotatable bonds is 6. The van der Waals surface area contributed by atoms with E-state index in [0.29, 0.717) is 5.69 Å². The molecular weight excluding hydrogens is 827 g/mol. The van der Waals surface area contributed by atoms with Crippen LogP contribution in [0.3, 0.4) is 0 Å². The molecule has 0 unspecified atom stereocenters. The van der Waals surface area contributed by atoms with E-state index < -0.39 is 6.98 Å². The Balaban J connectivity index is 1.18. The molecule has 5 heteroatoms. The molecule has 0 saturated carbocycles. The molecule has 0 bridgehead atoms. The SMILES string of the molecule is [2H]C([2H])([2H])N1CN(c2cc(-c3cccc4c3nc(-n3c5ccc(C(C)(C)C)cc5c5cc(C(C)(C)C)ccc53)n4-c3ccccc3-c3ccccc3)cc(C(C)(C)C)c2)c2ccc(-c3ccccc3)cc21. The van der Waals surface area contributed by atoms with E-state index in [-0.39, 0.29) is 22.9 Å². The summed E-state index contributed by atoms with van der Waals surface area (Å²) in [6.07, 6.45) is 0. The maximum absolute atomic E-state index is 8.71. The highest BCUT2D eigenvalue weighted by Crippen LogP contribution is 2.46. The van der Waals surface area contributed by atoms with E-state index in [9.17, 15) is 0 Å². The number of imidazole rings is 1. The molecule has 10 aromatic rings. The van der Waals surface area contributed by atoms with Crippen molar-refractivity contribution >= 4 is 49.9 Å². The lowest BCUT2D eigenvalue weighted by Crippen LogP contribution is -2.24. The zero-order chi connectivity index (χ0) is 49.8. The van der Waals surface area contributed by atoms with Crippen molar-refractivity contribution in [2.75, 3.05) is 23.4 Å². The molecular formula is C63H61N5. The quantitative estimate of drug-likeness (QED) is 0.167. The Kier molecular flexibility index (Phi) is 9.28. The van der Waals surface area contributed by atoms with Crippen molar-refractivity contribution in [3.63, 3.8) is 0 Å². The van der Waals surface area contributed by atoms with E-state index >= 15 is 0 Å². The van der Waals surface area contributed by atoms with E-state index in [1.54, 1.807) is 4.90 Å². The molecule has 8 aromatic carbocycles. The van der Waals surface area contributed by atoms with Crippen LogP contribution < -0.4 is 9.80 Å². The number of aromatic nitrogens is 3. The molecule has 338 valence electrons. The van der Waals surface area contributed by atoms with E-state index in [2.05, 4.69) is 228 Å². The molecule has 0 N–H and O–H groups in total. The summed E-state index contributed by atoms with van der Waals surface area (Å²) < 4.78 is 30.9. The summed E-state index contributed by atoms with van der Waals surface area (Å²) >= 11 is 0. The van der Waals surface area contributed by atoms with Crippen LogP contribution in [0, 0.1) is 0 Å². The van der Waals surface area contributed by atoms with Crippen LogP contribution in [0.25, 0.3) is 77.9 Å². The van der Waals surface area contributed by atoms with Crippen LogP contribution in [0.1, 0.15) is 83.1 Å². The predicted octanol–water partition coefficient (Wildman–Crippen LogP) is 16.6. The molecule has 68 heavy (non-hydrogen) atoms. The highest BCUT2D eigenvalue weighted by Gasteiger charge is 2.29. The van der Waals surface area contributed by atoms with Crippen molar-refractivity contribution in [3.05, 3.63) is 193 Å². The predicted molar refractivity (Wildman–Crippen MR) is 290 cm³/mol. The first-order valence-electron chi connectivity index (χ1n) is 25.4. The van der Waals surface area contributed by atoms with Gasteiger partial charge in [-0.25, -0.2) is 4.98 Å². The summed E-state index contributed by atoms with van der Waals surface area (Å²) in [4.78, 5) is 9.56. The van der Waals surface area contributed by atoms with E-state index in [4.69, 9.17) is 9.10 Å². The Morgan fingerprint density at radius 1 is 0.426 bits per heavy atom. The minimum Gasteiger partial charge on any atom is -0.355 e. The van der Waals surface area contributed by atoms with Gasteiger partial charge in [0.25, 0.3) is 0 Å². The van der Waals surface area contributed by atoms with Crippen LogP contribution in [0.2, 0.25) is 0 Å². The molecule has 0 spiro atoms. The molecule has 3 heterocycles. The second-order valence-electron chi connectivity index (χ2n) is 21.7. The van der Waals surface area contributed by atoms with Gasteiger partial charge < -0.3 is 9.80 Å². The molecule has 0 amide bonds. The van der Waals surface area contributed by atoms with E-state index in [1.165, 1.54) is 21.9 Å². The average molecular weight is 891 g/mol. The number of anilines is 3. The first-order valence-corrected chi connectivity index (χ1v) is 23.9. The van der Waals surface area contributed by atoms with Gasteiger partial charge in [0.05, 0.1) is 45.8 Å². The molecule has 0 fully saturated rings. The maximum atomic E-state index is 8.71. The molecule has 0 radical (unpaired) electrons. The second kappa shape index (κ2) is 15.9. The van der Waals surface area contributed by atoms with Crippen molar-refractivity contribution in [1.29, 1.82) is 0 Å². The van der Waals surface area contributed by atoms with Gasteiger partial charge in [0.2, 0.25) is 5.95 Å². The lowest BCUT2D eigenvalue weighted by molar-refractivity contribution is 0.590. The Hall–Kier alpha value is -7.37. The summed E-state index contributed by atoms with van der Waals surface area (Å²) in [7, 11) is 0. The van der Waals surface area contributed by atoms with Crippen molar-refractivity contribution in [2.45, 2.75) is 78.6 Å². The minimum absolute atomic E-state index is 0.0470. The van der Waals surface area contributed by atoms with Gasteiger partial charge in [-0.3, -0.25) is 9.13 Å². The maximum Gasteiger partial charge on any atom is 0.220 e. The summed E-state index contributed by atoms with van der Waals surface area (Å²) in [6.45, 7) is 18.2. The fourth-order valence-electron chi connectivity index (χ4n) is 10.1. The number of hydrogen-bond acceptors (Lipinski definition) is 3. The van der Waals surface area contributed by atoms with Gasteiger partial charge in [-0.1, -0.05) is 178 Å². The Morgan fingerprint density at radius 3 is 1.66 bits per heavy atom. The largest absolute Gasteiger partial charge is 0.355 e. The van der Waals surface area contributed by atoms with Gasteiger partial charge in [-0.2, -0.15) is 0 Å². The van der Waals surface area contributed by atoms with Crippen LogP contribution in [-0.4, -0.2) is 27.8 Å². The Labute approximate surface area is 406 Å². The normalized spacial score (nSPS) is 14.2. The number of nitrogens with zero attached hydrogens (tertiary/aromatic N) is 5. The summed E-state index contributed by atoms with van der Waals surface area (Å²) in [6, 6.07) is 62.9. The van der Waals surface area contributed by atoms with Crippen LogP contribution in [0.15, 0.2) is 176 Å². The lowest BCUT2D eigenvalue weighted by Gasteiger charge is -2.26. The van der Waals surface area contributed by atoms with Crippen molar-refractivity contribution in [3.8, 4) is 45.0 Å². The zero-order valence-electron chi connectivity index (χ0n) is 43.7.